The highest BCUT2D eigenvalue weighted by molar-refractivity contribution is 9.10. The largest absolute Gasteiger partial charge is 0.366 e. The fourth-order valence-electron chi connectivity index (χ4n) is 1.71. The van der Waals surface area contributed by atoms with Crippen LogP contribution in [0.5, 0.6) is 0 Å². The number of hydrogen-bond acceptors (Lipinski definition) is 3. The summed E-state index contributed by atoms with van der Waals surface area (Å²) in [7, 11) is -3.40. The highest BCUT2D eigenvalue weighted by Gasteiger charge is 2.15. The summed E-state index contributed by atoms with van der Waals surface area (Å²) in [5, 5.41) is 0. The summed E-state index contributed by atoms with van der Waals surface area (Å²) < 4.78 is 25.3. The number of carbonyl (C=O) groups excluding carboxylic acids is 1. The molecule has 0 radical (unpaired) electrons. The number of rotatable bonds is 4. The van der Waals surface area contributed by atoms with E-state index in [2.05, 4.69) is 15.9 Å². The van der Waals surface area contributed by atoms with Gasteiger partial charge in [-0.1, -0.05) is 28.1 Å². The molecule has 2 aromatic rings. The lowest BCUT2D eigenvalue weighted by atomic mass is 10.1. The van der Waals surface area contributed by atoms with Gasteiger partial charge in [-0.15, -0.1) is 0 Å². The SMILES string of the molecule is NC(=O)c1ccc(CS(=O)(=O)c2ccc(Br)cc2)cc1. The second-order valence-electron chi connectivity index (χ2n) is 4.27. The van der Waals surface area contributed by atoms with Crippen LogP contribution in [-0.4, -0.2) is 14.3 Å². The summed E-state index contributed by atoms with van der Waals surface area (Å²) >= 11 is 3.26. The maximum Gasteiger partial charge on any atom is 0.248 e. The molecule has 0 aliphatic rings. The average Bonchev–Trinajstić information content (AvgIpc) is 2.39. The van der Waals surface area contributed by atoms with Gasteiger partial charge in [0.05, 0.1) is 10.6 Å². The van der Waals surface area contributed by atoms with Gasteiger partial charge in [0.1, 0.15) is 0 Å². The van der Waals surface area contributed by atoms with Crippen LogP contribution in [0.4, 0.5) is 0 Å². The van der Waals surface area contributed by atoms with E-state index in [9.17, 15) is 13.2 Å². The van der Waals surface area contributed by atoms with E-state index in [1.807, 2.05) is 0 Å². The van der Waals surface area contributed by atoms with E-state index in [1.54, 1.807) is 36.4 Å². The number of sulfone groups is 1. The van der Waals surface area contributed by atoms with Gasteiger partial charge in [-0.2, -0.15) is 0 Å². The first-order valence-electron chi connectivity index (χ1n) is 5.75. The van der Waals surface area contributed by atoms with Crippen molar-refractivity contribution in [3.63, 3.8) is 0 Å². The highest BCUT2D eigenvalue weighted by atomic mass is 79.9. The zero-order chi connectivity index (χ0) is 14.8. The number of nitrogens with two attached hydrogens (primary N) is 1. The Morgan fingerprint density at radius 1 is 1.00 bits per heavy atom. The molecule has 0 unspecified atom stereocenters. The number of benzene rings is 2. The van der Waals surface area contributed by atoms with Crippen LogP contribution < -0.4 is 5.73 Å². The van der Waals surface area contributed by atoms with Crippen molar-refractivity contribution in [2.45, 2.75) is 10.6 Å². The minimum absolute atomic E-state index is 0.117. The third kappa shape index (κ3) is 3.46. The molecule has 0 aromatic heterocycles. The average molecular weight is 354 g/mol. The van der Waals surface area contributed by atoms with Crippen LogP contribution in [0.2, 0.25) is 0 Å². The molecule has 1 amide bonds. The first-order valence-corrected chi connectivity index (χ1v) is 8.20. The second-order valence-corrected chi connectivity index (χ2v) is 7.18. The molecule has 0 bridgehead atoms. The molecule has 0 aliphatic carbocycles. The molecule has 104 valence electrons. The number of carbonyl (C=O) groups is 1. The normalized spacial score (nSPS) is 11.2. The van der Waals surface area contributed by atoms with E-state index in [-0.39, 0.29) is 10.6 Å². The summed E-state index contributed by atoms with van der Waals surface area (Å²) in [6, 6.07) is 12.7. The lowest BCUT2D eigenvalue weighted by molar-refractivity contribution is 0.100. The molecule has 0 atom stereocenters. The molecule has 0 fully saturated rings. The second kappa shape index (κ2) is 5.76. The quantitative estimate of drug-likeness (QED) is 0.917. The van der Waals surface area contributed by atoms with Gasteiger partial charge in [-0.05, 0) is 42.0 Å². The third-order valence-electron chi connectivity index (χ3n) is 2.77. The van der Waals surface area contributed by atoms with Crippen molar-refractivity contribution in [1.29, 1.82) is 0 Å². The van der Waals surface area contributed by atoms with Gasteiger partial charge < -0.3 is 5.73 Å². The zero-order valence-corrected chi connectivity index (χ0v) is 12.8. The van der Waals surface area contributed by atoms with Gasteiger partial charge in [0.15, 0.2) is 9.84 Å². The maximum absolute atomic E-state index is 12.2. The first kappa shape index (κ1) is 14.7. The molecule has 0 aliphatic heterocycles. The van der Waals surface area contributed by atoms with E-state index in [1.165, 1.54) is 12.1 Å². The lowest BCUT2D eigenvalue weighted by Gasteiger charge is -2.05. The molecule has 2 N–H and O–H groups in total. The Morgan fingerprint density at radius 3 is 2.05 bits per heavy atom. The summed E-state index contributed by atoms with van der Waals surface area (Å²) in [6.45, 7) is 0. The highest BCUT2D eigenvalue weighted by Crippen LogP contribution is 2.19. The lowest BCUT2D eigenvalue weighted by Crippen LogP contribution is -2.11. The molecule has 0 spiro atoms. The Hall–Kier alpha value is -1.66. The van der Waals surface area contributed by atoms with Crippen molar-refractivity contribution in [2.24, 2.45) is 5.73 Å². The summed E-state index contributed by atoms with van der Waals surface area (Å²) in [6.07, 6.45) is 0. The topological polar surface area (TPSA) is 77.2 Å². The molecular weight excluding hydrogens is 342 g/mol. The number of primary amides is 1. The van der Waals surface area contributed by atoms with Crippen LogP contribution >= 0.6 is 15.9 Å². The van der Waals surface area contributed by atoms with Crippen molar-refractivity contribution in [2.75, 3.05) is 0 Å². The van der Waals surface area contributed by atoms with Crippen molar-refractivity contribution in [1.82, 2.24) is 0 Å². The van der Waals surface area contributed by atoms with Crippen molar-refractivity contribution in [3.8, 4) is 0 Å². The number of amides is 1. The van der Waals surface area contributed by atoms with Crippen LogP contribution in [-0.2, 0) is 15.6 Å². The molecule has 0 saturated heterocycles. The standard InChI is InChI=1S/C14H12BrNO3S/c15-12-5-7-13(8-6-12)20(18,19)9-10-1-3-11(4-2-10)14(16)17/h1-8H,9H2,(H2,16,17). The number of halogens is 1. The van der Waals surface area contributed by atoms with E-state index in [0.29, 0.717) is 11.1 Å². The van der Waals surface area contributed by atoms with Gasteiger partial charge in [-0.3, -0.25) is 4.79 Å². The molecule has 4 nitrogen and oxygen atoms in total. The van der Waals surface area contributed by atoms with Gasteiger partial charge >= 0.3 is 0 Å². The monoisotopic (exact) mass is 353 g/mol. The predicted octanol–water partition coefficient (Wildman–Crippen LogP) is 2.52. The molecule has 0 saturated carbocycles. The fourth-order valence-corrected chi connectivity index (χ4v) is 3.32. The van der Waals surface area contributed by atoms with E-state index in [4.69, 9.17) is 5.73 Å². The molecule has 0 heterocycles. The van der Waals surface area contributed by atoms with E-state index in [0.717, 1.165) is 4.47 Å². The molecule has 2 rings (SSSR count). The summed E-state index contributed by atoms with van der Waals surface area (Å²) in [5.41, 5.74) is 6.10. The van der Waals surface area contributed by atoms with Gasteiger partial charge in [0.2, 0.25) is 5.91 Å². The Labute approximate surface area is 125 Å². The summed E-state index contributed by atoms with van der Waals surface area (Å²) in [5.74, 6) is -0.652. The Morgan fingerprint density at radius 2 is 1.55 bits per heavy atom. The van der Waals surface area contributed by atoms with Crippen molar-refractivity contribution in [3.05, 3.63) is 64.1 Å². The van der Waals surface area contributed by atoms with Crippen LogP contribution in [0.1, 0.15) is 15.9 Å². The zero-order valence-electron chi connectivity index (χ0n) is 10.4. The summed E-state index contributed by atoms with van der Waals surface area (Å²) in [4.78, 5) is 11.2. The Kier molecular flexibility index (Phi) is 4.25. The van der Waals surface area contributed by atoms with Gasteiger partial charge in [-0.25, -0.2) is 8.42 Å². The van der Waals surface area contributed by atoms with Crippen LogP contribution in [0.25, 0.3) is 0 Å². The van der Waals surface area contributed by atoms with E-state index >= 15 is 0 Å². The molecule has 6 heteroatoms. The molecule has 2 aromatic carbocycles. The van der Waals surface area contributed by atoms with Crippen LogP contribution in [0, 0.1) is 0 Å². The Balaban J connectivity index is 2.24. The van der Waals surface area contributed by atoms with Crippen molar-refractivity contribution < 1.29 is 13.2 Å². The maximum atomic E-state index is 12.2. The minimum Gasteiger partial charge on any atom is -0.366 e. The molecule has 20 heavy (non-hydrogen) atoms. The predicted molar refractivity (Wildman–Crippen MR) is 80.0 cm³/mol. The van der Waals surface area contributed by atoms with Crippen LogP contribution in [0.15, 0.2) is 57.9 Å². The van der Waals surface area contributed by atoms with Crippen LogP contribution in [0.3, 0.4) is 0 Å². The minimum atomic E-state index is -3.40. The Bertz CT molecular complexity index is 722. The fraction of sp³-hybridized carbons (Fsp3) is 0.0714. The third-order valence-corrected chi connectivity index (χ3v) is 5.00. The van der Waals surface area contributed by atoms with Gasteiger partial charge in [0.25, 0.3) is 0 Å². The number of hydrogen-bond donors (Lipinski definition) is 1. The van der Waals surface area contributed by atoms with Crippen molar-refractivity contribution >= 4 is 31.7 Å². The van der Waals surface area contributed by atoms with Gasteiger partial charge in [0, 0.05) is 10.0 Å². The smallest absolute Gasteiger partial charge is 0.248 e. The van der Waals surface area contributed by atoms with E-state index < -0.39 is 15.7 Å². The molecular formula is C14H12BrNO3S. The first-order chi connectivity index (χ1) is 9.38.